The smallest absolute Gasteiger partial charge is 0.228 e. The highest BCUT2D eigenvalue weighted by Crippen LogP contribution is 2.59. The van der Waals surface area contributed by atoms with Crippen LogP contribution in [-0.4, -0.2) is 25.6 Å². The Kier molecular flexibility index (Phi) is 2.17. The van der Waals surface area contributed by atoms with E-state index in [1.165, 1.54) is 7.11 Å². The summed E-state index contributed by atoms with van der Waals surface area (Å²) < 4.78 is 16.7. The van der Waals surface area contributed by atoms with Crippen molar-refractivity contribution >= 4 is 7.37 Å². The molecule has 0 aromatic heterocycles. The average molecular weight is 176 g/mol. The first kappa shape index (κ1) is 8.88. The maximum absolute atomic E-state index is 11.7. The van der Waals surface area contributed by atoms with Gasteiger partial charge in [-0.1, -0.05) is 0 Å². The van der Waals surface area contributed by atoms with Crippen molar-refractivity contribution in [3.63, 3.8) is 0 Å². The van der Waals surface area contributed by atoms with Gasteiger partial charge in [0.05, 0.1) is 6.54 Å². The SMILES string of the molecule is COP(C)(=O)C1(C)CCN=N1. The van der Waals surface area contributed by atoms with Crippen molar-refractivity contribution in [1.29, 1.82) is 0 Å². The molecule has 1 heterocycles. The molecule has 1 rings (SSSR count). The van der Waals surface area contributed by atoms with Crippen molar-refractivity contribution in [3.8, 4) is 0 Å². The quantitative estimate of drug-likeness (QED) is 0.605. The van der Waals surface area contributed by atoms with Gasteiger partial charge in [-0.2, -0.15) is 10.2 Å². The fourth-order valence-corrected chi connectivity index (χ4v) is 2.12. The first-order valence-corrected chi connectivity index (χ1v) is 5.61. The van der Waals surface area contributed by atoms with Crippen LogP contribution in [0.2, 0.25) is 0 Å². The Morgan fingerprint density at radius 3 is 2.64 bits per heavy atom. The number of hydrogen-bond acceptors (Lipinski definition) is 4. The summed E-state index contributed by atoms with van der Waals surface area (Å²) in [5, 5.41) is 7.20. The van der Waals surface area contributed by atoms with Crippen molar-refractivity contribution in [2.45, 2.75) is 18.6 Å². The van der Waals surface area contributed by atoms with Crippen molar-refractivity contribution in [1.82, 2.24) is 0 Å². The molecule has 0 fully saturated rings. The van der Waals surface area contributed by atoms with Gasteiger partial charge in [0.1, 0.15) is 0 Å². The molecule has 4 nitrogen and oxygen atoms in total. The van der Waals surface area contributed by atoms with E-state index >= 15 is 0 Å². The molecule has 0 aromatic rings. The predicted molar refractivity (Wildman–Crippen MR) is 43.3 cm³/mol. The van der Waals surface area contributed by atoms with Crippen LogP contribution in [0.25, 0.3) is 0 Å². The zero-order chi connectivity index (χ0) is 8.54. The van der Waals surface area contributed by atoms with Gasteiger partial charge in [0.2, 0.25) is 7.37 Å². The van der Waals surface area contributed by atoms with Crippen LogP contribution in [0.1, 0.15) is 13.3 Å². The van der Waals surface area contributed by atoms with Crippen LogP contribution in [0.4, 0.5) is 0 Å². The summed E-state index contributed by atoms with van der Waals surface area (Å²) in [6.45, 7) is 4.10. The van der Waals surface area contributed by atoms with Gasteiger partial charge in [0, 0.05) is 20.2 Å². The highest BCUT2D eigenvalue weighted by atomic mass is 31.2. The Balaban J connectivity index is 2.88. The summed E-state index contributed by atoms with van der Waals surface area (Å²) >= 11 is 0. The molecule has 5 heteroatoms. The summed E-state index contributed by atoms with van der Waals surface area (Å²) in [6.07, 6.45) is 0.731. The van der Waals surface area contributed by atoms with E-state index < -0.39 is 12.6 Å². The van der Waals surface area contributed by atoms with Gasteiger partial charge in [-0.3, -0.25) is 4.57 Å². The maximum atomic E-state index is 11.7. The molecule has 2 unspecified atom stereocenters. The van der Waals surface area contributed by atoms with Gasteiger partial charge in [0.25, 0.3) is 0 Å². The summed E-state index contributed by atoms with van der Waals surface area (Å²) in [5.41, 5.74) is 0. The van der Waals surface area contributed by atoms with Crippen LogP contribution in [0.5, 0.6) is 0 Å². The van der Waals surface area contributed by atoms with Crippen LogP contribution in [0, 0.1) is 0 Å². The summed E-state index contributed by atoms with van der Waals surface area (Å²) in [5.74, 6) is 0. The largest absolute Gasteiger partial charge is 0.330 e. The predicted octanol–water partition coefficient (Wildman–Crippen LogP) is 2.11. The van der Waals surface area contributed by atoms with Crippen LogP contribution in [0.15, 0.2) is 10.2 Å². The summed E-state index contributed by atoms with van der Waals surface area (Å²) in [7, 11) is -1.14. The van der Waals surface area contributed by atoms with Crippen LogP contribution >= 0.6 is 7.37 Å². The monoisotopic (exact) mass is 176 g/mol. The molecule has 0 radical (unpaired) electrons. The van der Waals surface area contributed by atoms with Gasteiger partial charge in [-0.05, 0) is 6.92 Å². The molecule has 2 atom stereocenters. The van der Waals surface area contributed by atoms with Crippen LogP contribution in [-0.2, 0) is 9.09 Å². The van der Waals surface area contributed by atoms with Crippen LogP contribution < -0.4 is 0 Å². The van der Waals surface area contributed by atoms with Gasteiger partial charge in [-0.15, -0.1) is 0 Å². The normalized spacial score (nSPS) is 35.5. The standard InChI is InChI=1S/C6H13N2O2P/c1-6(4-5-7-8-6)11(3,9)10-2/h4-5H2,1-3H3. The molecule has 0 aliphatic carbocycles. The van der Waals surface area contributed by atoms with Gasteiger partial charge in [0.15, 0.2) is 5.28 Å². The second-order valence-electron chi connectivity index (χ2n) is 2.96. The molecule has 0 amide bonds. The lowest BCUT2D eigenvalue weighted by Gasteiger charge is -2.24. The molecule has 1 aliphatic rings. The fourth-order valence-electron chi connectivity index (χ4n) is 0.995. The second kappa shape index (κ2) is 2.68. The average Bonchev–Trinajstić information content (AvgIpc) is 2.38. The molecule has 0 aromatic carbocycles. The Hall–Kier alpha value is -0.210. The minimum absolute atomic E-state index is 0.568. The Morgan fingerprint density at radius 2 is 2.27 bits per heavy atom. The van der Waals surface area contributed by atoms with Crippen molar-refractivity contribution < 1.29 is 9.09 Å². The van der Waals surface area contributed by atoms with Crippen LogP contribution in [0.3, 0.4) is 0 Å². The third kappa shape index (κ3) is 1.37. The molecule has 0 saturated heterocycles. The van der Waals surface area contributed by atoms with Gasteiger partial charge in [-0.25, -0.2) is 0 Å². The van der Waals surface area contributed by atoms with E-state index in [0.29, 0.717) is 6.54 Å². The van der Waals surface area contributed by atoms with Crippen molar-refractivity contribution in [3.05, 3.63) is 0 Å². The lowest BCUT2D eigenvalue weighted by atomic mass is 10.3. The number of rotatable bonds is 2. The second-order valence-corrected chi connectivity index (χ2v) is 5.98. The third-order valence-corrected chi connectivity index (χ3v) is 4.95. The minimum atomic E-state index is -2.59. The van der Waals surface area contributed by atoms with E-state index in [9.17, 15) is 4.57 Å². The Morgan fingerprint density at radius 1 is 1.64 bits per heavy atom. The van der Waals surface area contributed by atoms with E-state index in [2.05, 4.69) is 10.2 Å². The molecular weight excluding hydrogens is 163 g/mol. The summed E-state index contributed by atoms with van der Waals surface area (Å²) in [6, 6.07) is 0. The molecule has 0 N–H and O–H groups in total. The number of azo groups is 1. The summed E-state index contributed by atoms with van der Waals surface area (Å²) in [4.78, 5) is 0. The molecule has 11 heavy (non-hydrogen) atoms. The lowest BCUT2D eigenvalue weighted by molar-refractivity contribution is 0.368. The highest BCUT2D eigenvalue weighted by Gasteiger charge is 2.43. The van der Waals surface area contributed by atoms with Crippen molar-refractivity contribution in [2.75, 3.05) is 20.3 Å². The first-order chi connectivity index (χ1) is 5.02. The number of hydrogen-bond donors (Lipinski definition) is 0. The van der Waals surface area contributed by atoms with Gasteiger partial charge < -0.3 is 4.52 Å². The van der Waals surface area contributed by atoms with E-state index in [0.717, 1.165) is 6.42 Å². The van der Waals surface area contributed by atoms with Gasteiger partial charge >= 0.3 is 0 Å². The Bertz CT molecular complexity index is 229. The topological polar surface area (TPSA) is 51.0 Å². The highest BCUT2D eigenvalue weighted by molar-refractivity contribution is 7.59. The van der Waals surface area contributed by atoms with E-state index in [1.807, 2.05) is 6.92 Å². The maximum Gasteiger partial charge on any atom is 0.228 e. The van der Waals surface area contributed by atoms with E-state index in [-0.39, 0.29) is 0 Å². The molecule has 0 spiro atoms. The third-order valence-electron chi connectivity index (χ3n) is 2.19. The molecule has 64 valence electrons. The zero-order valence-corrected chi connectivity index (χ0v) is 7.97. The fraction of sp³-hybridized carbons (Fsp3) is 1.00. The lowest BCUT2D eigenvalue weighted by Crippen LogP contribution is -2.19. The first-order valence-electron chi connectivity index (χ1n) is 3.54. The molecule has 0 bridgehead atoms. The number of nitrogens with zero attached hydrogens (tertiary/aromatic N) is 2. The van der Waals surface area contributed by atoms with E-state index in [1.54, 1.807) is 6.66 Å². The molecule has 0 saturated carbocycles. The minimum Gasteiger partial charge on any atom is -0.330 e. The zero-order valence-electron chi connectivity index (χ0n) is 7.07. The van der Waals surface area contributed by atoms with Crippen molar-refractivity contribution in [2.24, 2.45) is 10.2 Å². The molecular formula is C6H13N2O2P. The Labute approximate surface area is 66.5 Å². The molecule has 1 aliphatic heterocycles. The van der Waals surface area contributed by atoms with E-state index in [4.69, 9.17) is 4.52 Å².